The molecule has 0 fully saturated rings. The molecule has 0 bridgehead atoms. The van der Waals surface area contributed by atoms with Crippen LogP contribution in [0, 0.1) is 5.82 Å². The van der Waals surface area contributed by atoms with Crippen LogP contribution in [0.3, 0.4) is 0 Å². The van der Waals surface area contributed by atoms with Gasteiger partial charge >= 0.3 is 0 Å². The number of hydrogen-bond acceptors (Lipinski definition) is 5. The number of fused-ring (bicyclic) bond motifs is 1. The Hall–Kier alpha value is -3.48. The molecular formula is C19H17FN6. The van der Waals surface area contributed by atoms with Crippen molar-refractivity contribution in [3.8, 4) is 5.69 Å². The van der Waals surface area contributed by atoms with Gasteiger partial charge in [-0.2, -0.15) is 5.10 Å². The molecule has 0 aliphatic rings. The van der Waals surface area contributed by atoms with E-state index in [1.54, 1.807) is 23.0 Å². The lowest BCUT2D eigenvalue weighted by molar-refractivity contribution is 0.625. The fourth-order valence-corrected chi connectivity index (χ4v) is 2.72. The quantitative estimate of drug-likeness (QED) is 0.608. The molecule has 7 heteroatoms. The highest BCUT2D eigenvalue weighted by atomic mass is 19.1. The first-order chi connectivity index (χ1) is 12.6. The second-order valence-corrected chi connectivity index (χ2v) is 6.06. The first-order valence-electron chi connectivity index (χ1n) is 8.11. The fourth-order valence-electron chi connectivity index (χ4n) is 2.72. The average Bonchev–Trinajstić information content (AvgIpc) is 3.07. The van der Waals surface area contributed by atoms with Gasteiger partial charge in [0.25, 0.3) is 0 Å². The van der Waals surface area contributed by atoms with Crippen LogP contribution >= 0.6 is 0 Å². The molecular weight excluding hydrogens is 331 g/mol. The normalized spacial score (nSPS) is 10.9. The highest BCUT2D eigenvalue weighted by Crippen LogP contribution is 2.25. The van der Waals surface area contributed by atoms with E-state index in [1.165, 1.54) is 18.5 Å². The van der Waals surface area contributed by atoms with Crippen molar-refractivity contribution in [2.45, 2.75) is 0 Å². The van der Waals surface area contributed by atoms with Crippen LogP contribution in [0.4, 0.5) is 21.6 Å². The van der Waals surface area contributed by atoms with Crippen molar-refractivity contribution in [3.63, 3.8) is 0 Å². The lowest BCUT2D eigenvalue weighted by Crippen LogP contribution is -2.08. The molecule has 0 saturated heterocycles. The minimum absolute atomic E-state index is 0.320. The van der Waals surface area contributed by atoms with Gasteiger partial charge in [-0.1, -0.05) is 6.07 Å². The zero-order chi connectivity index (χ0) is 18.1. The molecule has 2 heterocycles. The van der Waals surface area contributed by atoms with Gasteiger partial charge in [0.15, 0.2) is 5.65 Å². The third-order valence-corrected chi connectivity index (χ3v) is 4.07. The Kier molecular flexibility index (Phi) is 3.96. The molecule has 4 aromatic rings. The molecule has 4 rings (SSSR count). The molecule has 0 spiro atoms. The van der Waals surface area contributed by atoms with Gasteiger partial charge in [-0.3, -0.25) is 0 Å². The summed E-state index contributed by atoms with van der Waals surface area (Å²) < 4.78 is 15.1. The summed E-state index contributed by atoms with van der Waals surface area (Å²) in [5.41, 5.74) is 3.24. The highest BCUT2D eigenvalue weighted by Gasteiger charge is 2.12. The van der Waals surface area contributed by atoms with Crippen molar-refractivity contribution in [1.82, 2.24) is 19.7 Å². The number of halogens is 1. The van der Waals surface area contributed by atoms with E-state index >= 15 is 0 Å². The molecule has 0 amide bonds. The van der Waals surface area contributed by atoms with Crippen molar-refractivity contribution in [1.29, 1.82) is 0 Å². The Balaban J connectivity index is 1.71. The summed E-state index contributed by atoms with van der Waals surface area (Å²) in [7, 11) is 3.99. The van der Waals surface area contributed by atoms with Gasteiger partial charge < -0.3 is 10.2 Å². The Morgan fingerprint density at radius 2 is 1.85 bits per heavy atom. The number of aromatic nitrogens is 4. The molecule has 130 valence electrons. The van der Waals surface area contributed by atoms with E-state index in [4.69, 9.17) is 0 Å². The average molecular weight is 348 g/mol. The number of hydrogen-bond donors (Lipinski definition) is 1. The van der Waals surface area contributed by atoms with Crippen molar-refractivity contribution in [3.05, 3.63) is 66.9 Å². The van der Waals surface area contributed by atoms with Gasteiger partial charge in [-0.25, -0.2) is 19.0 Å². The Bertz CT molecular complexity index is 1060. The Morgan fingerprint density at radius 1 is 1.04 bits per heavy atom. The van der Waals surface area contributed by atoms with Crippen LogP contribution in [0.5, 0.6) is 0 Å². The third-order valence-electron chi connectivity index (χ3n) is 4.07. The van der Waals surface area contributed by atoms with Crippen molar-refractivity contribution in [2.75, 3.05) is 24.3 Å². The largest absolute Gasteiger partial charge is 0.378 e. The van der Waals surface area contributed by atoms with E-state index in [9.17, 15) is 4.39 Å². The summed E-state index contributed by atoms with van der Waals surface area (Å²) in [4.78, 5) is 10.7. The van der Waals surface area contributed by atoms with Gasteiger partial charge in [0.2, 0.25) is 0 Å². The SMILES string of the molecule is CN(C)c1ccc(Nc2ncnc3c2cnn3-c2cccc(F)c2)cc1. The summed E-state index contributed by atoms with van der Waals surface area (Å²) in [6.07, 6.45) is 3.15. The standard InChI is InChI=1S/C19H17FN6/c1-25(2)15-8-6-14(7-9-15)24-18-17-11-23-26(19(17)22-12-21-18)16-5-3-4-13(20)10-16/h3-12H,1-2H3,(H,21,22,24). The highest BCUT2D eigenvalue weighted by molar-refractivity contribution is 5.89. The predicted molar refractivity (Wildman–Crippen MR) is 101 cm³/mol. The van der Waals surface area contributed by atoms with Crippen LogP contribution in [0.2, 0.25) is 0 Å². The molecule has 2 aromatic heterocycles. The number of nitrogens with zero attached hydrogens (tertiary/aromatic N) is 5. The van der Waals surface area contributed by atoms with Crippen LogP contribution in [0.25, 0.3) is 16.7 Å². The summed E-state index contributed by atoms with van der Waals surface area (Å²) in [5.74, 6) is 0.329. The molecule has 0 aliphatic heterocycles. The molecule has 0 aliphatic carbocycles. The van der Waals surface area contributed by atoms with Gasteiger partial charge in [-0.05, 0) is 42.5 Å². The monoisotopic (exact) mass is 348 g/mol. The van der Waals surface area contributed by atoms with E-state index < -0.39 is 0 Å². The van der Waals surface area contributed by atoms with E-state index in [2.05, 4.69) is 20.4 Å². The molecule has 6 nitrogen and oxygen atoms in total. The summed E-state index contributed by atoms with van der Waals surface area (Å²) in [5, 5.41) is 8.40. The smallest absolute Gasteiger partial charge is 0.168 e. The van der Waals surface area contributed by atoms with Crippen LogP contribution in [-0.4, -0.2) is 33.8 Å². The van der Waals surface area contributed by atoms with Crippen LogP contribution in [0.15, 0.2) is 61.1 Å². The zero-order valence-corrected chi connectivity index (χ0v) is 14.4. The van der Waals surface area contributed by atoms with Gasteiger partial charge in [-0.15, -0.1) is 0 Å². The van der Waals surface area contributed by atoms with E-state index in [0.29, 0.717) is 17.2 Å². The third kappa shape index (κ3) is 2.95. The molecule has 0 unspecified atom stereocenters. The number of nitrogens with one attached hydrogen (secondary N) is 1. The second kappa shape index (κ2) is 6.44. The summed E-state index contributed by atoms with van der Waals surface area (Å²) in [6, 6.07) is 14.3. The van der Waals surface area contributed by atoms with Crippen LogP contribution in [-0.2, 0) is 0 Å². The number of rotatable bonds is 4. The summed E-state index contributed by atoms with van der Waals surface area (Å²) in [6.45, 7) is 0. The first kappa shape index (κ1) is 16.0. The molecule has 0 saturated carbocycles. The topological polar surface area (TPSA) is 58.9 Å². The number of anilines is 3. The zero-order valence-electron chi connectivity index (χ0n) is 14.4. The molecule has 26 heavy (non-hydrogen) atoms. The van der Waals surface area contributed by atoms with Crippen molar-refractivity contribution < 1.29 is 4.39 Å². The van der Waals surface area contributed by atoms with Gasteiger partial charge in [0.05, 0.1) is 17.3 Å². The maximum Gasteiger partial charge on any atom is 0.168 e. The minimum atomic E-state index is -0.320. The fraction of sp³-hybridized carbons (Fsp3) is 0.105. The maximum atomic E-state index is 13.5. The predicted octanol–water partition coefficient (Wildman–Crippen LogP) is 3.76. The lowest BCUT2D eigenvalue weighted by atomic mass is 10.2. The number of benzene rings is 2. The molecule has 2 aromatic carbocycles. The molecule has 0 atom stereocenters. The Labute approximate surface area is 149 Å². The van der Waals surface area contributed by atoms with Gasteiger partial charge in [0.1, 0.15) is 18.0 Å². The second-order valence-electron chi connectivity index (χ2n) is 6.06. The maximum absolute atomic E-state index is 13.5. The van der Waals surface area contributed by atoms with E-state index in [0.717, 1.165) is 16.8 Å². The van der Waals surface area contributed by atoms with Crippen LogP contribution in [0.1, 0.15) is 0 Å². The van der Waals surface area contributed by atoms with E-state index in [1.807, 2.05) is 43.3 Å². The lowest BCUT2D eigenvalue weighted by Gasteiger charge is -2.13. The minimum Gasteiger partial charge on any atom is -0.378 e. The first-order valence-corrected chi connectivity index (χ1v) is 8.11. The molecule has 0 radical (unpaired) electrons. The van der Waals surface area contributed by atoms with Crippen LogP contribution < -0.4 is 10.2 Å². The van der Waals surface area contributed by atoms with Gasteiger partial charge in [0, 0.05) is 25.5 Å². The van der Waals surface area contributed by atoms with Crippen molar-refractivity contribution >= 4 is 28.2 Å². The van der Waals surface area contributed by atoms with E-state index in [-0.39, 0.29) is 5.82 Å². The molecule has 1 N–H and O–H groups in total. The Morgan fingerprint density at radius 3 is 2.58 bits per heavy atom. The van der Waals surface area contributed by atoms with Crippen molar-refractivity contribution in [2.24, 2.45) is 0 Å². The summed E-state index contributed by atoms with van der Waals surface area (Å²) >= 11 is 0.